The maximum atomic E-state index is 13.7. The lowest BCUT2D eigenvalue weighted by atomic mass is 9.82. The summed E-state index contributed by atoms with van der Waals surface area (Å²) in [6.07, 6.45) is 6.37. The minimum Gasteiger partial charge on any atom is -0.358 e. The third-order valence-electron chi connectivity index (χ3n) is 5.91. The van der Waals surface area contributed by atoms with Gasteiger partial charge >= 0.3 is 0 Å². The molecule has 0 fully saturated rings. The fourth-order valence-electron chi connectivity index (χ4n) is 4.62. The van der Waals surface area contributed by atoms with Crippen LogP contribution in [0.5, 0.6) is 0 Å². The smallest absolute Gasteiger partial charge is 0.177 e. The van der Waals surface area contributed by atoms with E-state index in [-0.39, 0.29) is 5.78 Å². The fourth-order valence-corrected chi connectivity index (χ4v) is 4.62. The normalized spacial score (nSPS) is 17.6. The Balaban J connectivity index is 1.86. The fraction of sp³-hybridized carbons (Fsp3) is 0.500. The van der Waals surface area contributed by atoms with Gasteiger partial charge in [-0.3, -0.25) is 4.79 Å². The summed E-state index contributed by atoms with van der Waals surface area (Å²) in [5, 5.41) is 0. The van der Waals surface area contributed by atoms with Crippen LogP contribution in [0.2, 0.25) is 0 Å². The number of hydrogen-bond acceptors (Lipinski definition) is 2. The summed E-state index contributed by atoms with van der Waals surface area (Å²) < 4.78 is 6.35. The van der Waals surface area contributed by atoms with Crippen LogP contribution in [-0.2, 0) is 15.1 Å². The minimum absolute atomic E-state index is 0.207. The second kappa shape index (κ2) is 9.05. The molecule has 1 aliphatic carbocycles. The predicted molar refractivity (Wildman–Crippen MR) is 117 cm³/mol. The lowest BCUT2D eigenvalue weighted by Crippen LogP contribution is -2.39. The highest BCUT2D eigenvalue weighted by Crippen LogP contribution is 2.52. The van der Waals surface area contributed by atoms with Crippen molar-refractivity contribution in [3.63, 3.8) is 0 Å². The van der Waals surface area contributed by atoms with E-state index in [0.717, 1.165) is 46.6 Å². The van der Waals surface area contributed by atoms with Gasteiger partial charge in [0.2, 0.25) is 0 Å². The second-order valence-electron chi connectivity index (χ2n) is 8.43. The molecule has 0 amide bonds. The molecule has 0 saturated heterocycles. The average Bonchev–Trinajstić information content (AvgIpc) is 2.97. The number of Topliss-reactive ketones (excluding diaryl/α,β-unsaturated/α-hetero) is 1. The molecule has 0 radical (unpaired) electrons. The average molecular weight is 379 g/mol. The van der Waals surface area contributed by atoms with Gasteiger partial charge in [-0.2, -0.15) is 0 Å². The van der Waals surface area contributed by atoms with Crippen molar-refractivity contribution in [2.45, 2.75) is 71.8 Å². The van der Waals surface area contributed by atoms with E-state index in [1.54, 1.807) is 0 Å². The van der Waals surface area contributed by atoms with Gasteiger partial charge in [-0.1, -0.05) is 82.0 Å². The van der Waals surface area contributed by atoms with Gasteiger partial charge in [-0.05, 0) is 42.9 Å². The van der Waals surface area contributed by atoms with E-state index in [2.05, 4.69) is 51.1 Å². The topological polar surface area (TPSA) is 26.3 Å². The first-order valence-corrected chi connectivity index (χ1v) is 10.9. The molecule has 0 aliphatic heterocycles. The monoisotopic (exact) mass is 378 g/mol. The molecule has 2 aromatic carbocycles. The number of aryl methyl sites for hydroxylation is 1. The maximum absolute atomic E-state index is 13.7. The minimum atomic E-state index is -0.941. The van der Waals surface area contributed by atoms with Crippen LogP contribution in [0.15, 0.2) is 42.5 Å². The first-order chi connectivity index (χ1) is 13.5. The van der Waals surface area contributed by atoms with Crippen LogP contribution in [0.1, 0.15) is 76.0 Å². The molecule has 0 bridgehead atoms. The molecule has 1 unspecified atom stereocenters. The third-order valence-corrected chi connectivity index (χ3v) is 5.91. The van der Waals surface area contributed by atoms with Crippen LogP contribution in [-0.4, -0.2) is 12.4 Å². The standard InChI is InChI=1S/C26H34O2/c1-5-28-26(24(27)18-9-7-6-8-13-19(2)3)23-17-11-10-15-21(23)22-16-12-14-20(4)25(22)26/h10-12,14-17,19H,5-9,13,18H2,1-4H3. The van der Waals surface area contributed by atoms with Crippen LogP contribution in [0.25, 0.3) is 11.1 Å². The van der Waals surface area contributed by atoms with E-state index in [9.17, 15) is 4.79 Å². The summed E-state index contributed by atoms with van der Waals surface area (Å²) >= 11 is 0. The van der Waals surface area contributed by atoms with E-state index in [4.69, 9.17) is 4.74 Å². The molecule has 0 heterocycles. The summed E-state index contributed by atoms with van der Waals surface area (Å²) in [7, 11) is 0. The highest BCUT2D eigenvalue weighted by Gasteiger charge is 2.50. The van der Waals surface area contributed by atoms with Crippen molar-refractivity contribution in [2.24, 2.45) is 5.92 Å². The molecule has 28 heavy (non-hydrogen) atoms. The molecular formula is C26H34O2. The molecule has 0 spiro atoms. The quantitative estimate of drug-likeness (QED) is 0.424. The van der Waals surface area contributed by atoms with Crippen molar-refractivity contribution < 1.29 is 9.53 Å². The Morgan fingerprint density at radius 2 is 1.68 bits per heavy atom. The zero-order valence-electron chi connectivity index (χ0n) is 17.9. The van der Waals surface area contributed by atoms with Gasteiger partial charge in [-0.15, -0.1) is 0 Å². The van der Waals surface area contributed by atoms with Crippen molar-refractivity contribution in [1.29, 1.82) is 0 Å². The summed E-state index contributed by atoms with van der Waals surface area (Å²) in [5.41, 5.74) is 4.56. The molecule has 3 rings (SSSR count). The number of carbonyl (C=O) groups is 1. The van der Waals surface area contributed by atoms with Crippen molar-refractivity contribution >= 4 is 5.78 Å². The Morgan fingerprint density at radius 3 is 2.43 bits per heavy atom. The van der Waals surface area contributed by atoms with Crippen molar-refractivity contribution in [2.75, 3.05) is 6.61 Å². The first kappa shape index (κ1) is 20.8. The van der Waals surface area contributed by atoms with Gasteiger partial charge in [-0.25, -0.2) is 0 Å². The van der Waals surface area contributed by atoms with Crippen LogP contribution in [0.4, 0.5) is 0 Å². The molecule has 2 heteroatoms. The Bertz CT molecular complexity index is 821. The van der Waals surface area contributed by atoms with Gasteiger partial charge in [0.25, 0.3) is 0 Å². The second-order valence-corrected chi connectivity index (χ2v) is 8.43. The van der Waals surface area contributed by atoms with Gasteiger partial charge < -0.3 is 4.74 Å². The van der Waals surface area contributed by atoms with Gasteiger partial charge in [0.15, 0.2) is 11.4 Å². The number of benzene rings is 2. The zero-order valence-corrected chi connectivity index (χ0v) is 17.9. The molecule has 1 atom stereocenters. The van der Waals surface area contributed by atoms with E-state index in [1.807, 2.05) is 19.1 Å². The van der Waals surface area contributed by atoms with Crippen molar-refractivity contribution in [1.82, 2.24) is 0 Å². The third kappa shape index (κ3) is 3.80. The number of carbonyl (C=O) groups excluding carboxylic acids is 1. The molecular weight excluding hydrogens is 344 g/mol. The summed E-state index contributed by atoms with van der Waals surface area (Å²) in [6.45, 7) is 9.14. The predicted octanol–water partition coefficient (Wildman–Crippen LogP) is 6.82. The number of unbranched alkanes of at least 4 members (excludes halogenated alkanes) is 3. The van der Waals surface area contributed by atoms with Gasteiger partial charge in [0.1, 0.15) is 0 Å². The Morgan fingerprint density at radius 1 is 0.964 bits per heavy atom. The highest BCUT2D eigenvalue weighted by atomic mass is 16.5. The van der Waals surface area contributed by atoms with E-state index in [0.29, 0.717) is 13.0 Å². The Hall–Kier alpha value is -1.93. The van der Waals surface area contributed by atoms with Gasteiger partial charge in [0, 0.05) is 24.2 Å². The Labute approximate surface area is 170 Å². The summed E-state index contributed by atoms with van der Waals surface area (Å²) in [4.78, 5) is 13.7. The molecule has 2 nitrogen and oxygen atoms in total. The molecule has 0 saturated carbocycles. The van der Waals surface area contributed by atoms with Crippen LogP contribution >= 0.6 is 0 Å². The lowest BCUT2D eigenvalue weighted by molar-refractivity contribution is -0.140. The number of hydrogen-bond donors (Lipinski definition) is 0. The zero-order chi connectivity index (χ0) is 20.1. The molecule has 0 N–H and O–H groups in total. The SMILES string of the molecule is CCOC1(C(=O)CCCCCCC(C)C)c2ccccc2-c2cccc(C)c21. The largest absolute Gasteiger partial charge is 0.358 e. The van der Waals surface area contributed by atoms with E-state index < -0.39 is 5.60 Å². The number of ketones is 1. The van der Waals surface area contributed by atoms with Crippen molar-refractivity contribution in [3.8, 4) is 11.1 Å². The number of rotatable bonds is 10. The van der Waals surface area contributed by atoms with Crippen molar-refractivity contribution in [3.05, 3.63) is 59.2 Å². The summed E-state index contributed by atoms with van der Waals surface area (Å²) in [6, 6.07) is 14.6. The summed E-state index contributed by atoms with van der Waals surface area (Å²) in [5.74, 6) is 0.969. The van der Waals surface area contributed by atoms with Crippen LogP contribution in [0.3, 0.4) is 0 Å². The molecule has 0 aromatic heterocycles. The van der Waals surface area contributed by atoms with Crippen LogP contribution in [0, 0.1) is 12.8 Å². The molecule has 2 aromatic rings. The number of ether oxygens (including phenoxy) is 1. The van der Waals surface area contributed by atoms with E-state index in [1.165, 1.54) is 19.3 Å². The Kier molecular flexibility index (Phi) is 6.72. The molecule has 150 valence electrons. The van der Waals surface area contributed by atoms with E-state index >= 15 is 0 Å². The first-order valence-electron chi connectivity index (χ1n) is 10.9. The maximum Gasteiger partial charge on any atom is 0.177 e. The highest BCUT2D eigenvalue weighted by molar-refractivity contribution is 6.00. The van der Waals surface area contributed by atoms with Crippen LogP contribution < -0.4 is 0 Å². The van der Waals surface area contributed by atoms with Gasteiger partial charge in [0.05, 0.1) is 0 Å². The molecule has 1 aliphatic rings. The lowest BCUT2D eigenvalue weighted by Gasteiger charge is -2.31. The number of fused-ring (bicyclic) bond motifs is 3.